The number of benzene rings is 1. The van der Waals surface area contributed by atoms with Gasteiger partial charge in [0.2, 0.25) is 0 Å². The average molecular weight is 221 g/mol. The molecule has 15 heavy (non-hydrogen) atoms. The first-order chi connectivity index (χ1) is 7.29. The van der Waals surface area contributed by atoms with Crippen molar-refractivity contribution < 1.29 is 0 Å². The van der Waals surface area contributed by atoms with Crippen LogP contribution in [0.3, 0.4) is 0 Å². The van der Waals surface area contributed by atoms with Crippen molar-refractivity contribution in [3.8, 4) is 0 Å². The second kappa shape index (κ2) is 4.59. The molecule has 0 spiro atoms. The zero-order valence-corrected chi connectivity index (χ0v) is 9.60. The molecule has 0 saturated carbocycles. The van der Waals surface area contributed by atoms with Crippen LogP contribution in [0.5, 0.6) is 0 Å². The predicted octanol–water partition coefficient (Wildman–Crippen LogP) is 2.37. The van der Waals surface area contributed by atoms with Crippen molar-refractivity contribution >= 4 is 26.7 Å². The Bertz CT molecular complexity index is 450. The largest absolute Gasteiger partial charge is 0.361 e. The van der Waals surface area contributed by atoms with Crippen LogP contribution in [-0.2, 0) is 0 Å². The molecule has 0 aliphatic rings. The molecule has 0 aliphatic carbocycles. The molecule has 0 radical (unpaired) electrons. The fourth-order valence-corrected chi connectivity index (χ4v) is 2.39. The van der Waals surface area contributed by atoms with E-state index in [4.69, 9.17) is 5.73 Å². The molecule has 80 valence electrons. The number of thiazole rings is 1. The Kier molecular flexibility index (Phi) is 3.18. The summed E-state index contributed by atoms with van der Waals surface area (Å²) < 4.78 is 1.24. The minimum absolute atomic E-state index is 0.719. The number of nitrogens with one attached hydrogen (secondary N) is 1. The summed E-state index contributed by atoms with van der Waals surface area (Å²) in [5.41, 5.74) is 7.78. The van der Waals surface area contributed by atoms with Gasteiger partial charge < -0.3 is 11.1 Å². The summed E-state index contributed by atoms with van der Waals surface area (Å²) in [6.45, 7) is 3.72. The zero-order valence-electron chi connectivity index (χ0n) is 8.79. The molecule has 1 aromatic heterocycles. The van der Waals surface area contributed by atoms with Crippen molar-refractivity contribution in [3.63, 3.8) is 0 Å². The number of hydrogen-bond donors (Lipinski definition) is 2. The molecule has 2 aromatic rings. The van der Waals surface area contributed by atoms with E-state index in [1.54, 1.807) is 11.3 Å². The molecule has 1 aromatic carbocycles. The number of aromatic nitrogens is 1. The smallest absolute Gasteiger partial charge is 0.183 e. The molecule has 0 saturated heterocycles. The molecule has 2 rings (SSSR count). The van der Waals surface area contributed by atoms with Crippen LogP contribution in [0.25, 0.3) is 10.2 Å². The molecule has 1 heterocycles. The van der Waals surface area contributed by atoms with Gasteiger partial charge in [0, 0.05) is 6.54 Å². The van der Waals surface area contributed by atoms with Gasteiger partial charge in [-0.3, -0.25) is 0 Å². The number of nitrogens with zero attached hydrogens (tertiary/aromatic N) is 1. The molecular formula is C11H15N3S. The Morgan fingerprint density at radius 2 is 2.33 bits per heavy atom. The lowest BCUT2D eigenvalue weighted by Crippen LogP contribution is -2.07. The highest BCUT2D eigenvalue weighted by molar-refractivity contribution is 7.22. The number of fused-ring (bicyclic) bond motifs is 1. The predicted molar refractivity (Wildman–Crippen MR) is 66.5 cm³/mol. The first-order valence-electron chi connectivity index (χ1n) is 5.11. The molecule has 4 heteroatoms. The van der Waals surface area contributed by atoms with Crippen LogP contribution in [0, 0.1) is 6.92 Å². The van der Waals surface area contributed by atoms with Gasteiger partial charge in [-0.2, -0.15) is 0 Å². The summed E-state index contributed by atoms with van der Waals surface area (Å²) >= 11 is 1.70. The standard InChI is InChI=1S/C11H15N3S/c1-8-3-4-9-10(7-8)15-11(14-9)13-6-2-5-12/h3-4,7H,2,5-6,12H2,1H3,(H,13,14). The van der Waals surface area contributed by atoms with Crippen LogP contribution in [0.15, 0.2) is 18.2 Å². The fourth-order valence-electron chi connectivity index (χ4n) is 1.40. The van der Waals surface area contributed by atoms with Crippen LogP contribution in [0.1, 0.15) is 12.0 Å². The first kappa shape index (κ1) is 10.4. The van der Waals surface area contributed by atoms with E-state index in [9.17, 15) is 0 Å². The van der Waals surface area contributed by atoms with Crippen molar-refractivity contribution in [3.05, 3.63) is 23.8 Å². The van der Waals surface area contributed by atoms with Crippen molar-refractivity contribution in [2.24, 2.45) is 5.73 Å². The zero-order chi connectivity index (χ0) is 10.7. The summed E-state index contributed by atoms with van der Waals surface area (Å²) in [4.78, 5) is 4.49. The monoisotopic (exact) mass is 221 g/mol. The number of anilines is 1. The molecule has 0 amide bonds. The second-order valence-corrected chi connectivity index (χ2v) is 4.59. The minimum atomic E-state index is 0.719. The van der Waals surface area contributed by atoms with Gasteiger partial charge >= 0.3 is 0 Å². The van der Waals surface area contributed by atoms with Crippen LogP contribution >= 0.6 is 11.3 Å². The summed E-state index contributed by atoms with van der Waals surface area (Å²) in [5.74, 6) is 0. The SMILES string of the molecule is Cc1ccc2nc(NCCCN)sc2c1. The normalized spacial score (nSPS) is 10.8. The van der Waals surface area contributed by atoms with Gasteiger partial charge in [-0.1, -0.05) is 17.4 Å². The number of aryl methyl sites for hydroxylation is 1. The van der Waals surface area contributed by atoms with Gasteiger partial charge in [0.25, 0.3) is 0 Å². The molecule has 0 bridgehead atoms. The van der Waals surface area contributed by atoms with E-state index in [0.29, 0.717) is 0 Å². The van der Waals surface area contributed by atoms with Gasteiger partial charge in [-0.05, 0) is 37.6 Å². The van der Waals surface area contributed by atoms with Crippen LogP contribution < -0.4 is 11.1 Å². The van der Waals surface area contributed by atoms with Gasteiger partial charge in [0.15, 0.2) is 5.13 Å². The Balaban J connectivity index is 2.16. The molecule has 0 aliphatic heterocycles. The highest BCUT2D eigenvalue weighted by Crippen LogP contribution is 2.26. The molecule has 0 unspecified atom stereocenters. The Labute approximate surface area is 93.3 Å². The third kappa shape index (κ3) is 2.46. The van der Waals surface area contributed by atoms with Crippen LogP contribution in [0.2, 0.25) is 0 Å². The number of rotatable bonds is 4. The van der Waals surface area contributed by atoms with Gasteiger partial charge in [0.05, 0.1) is 10.2 Å². The lowest BCUT2D eigenvalue weighted by atomic mass is 10.2. The van der Waals surface area contributed by atoms with E-state index in [1.165, 1.54) is 10.3 Å². The summed E-state index contributed by atoms with van der Waals surface area (Å²) in [6.07, 6.45) is 0.981. The molecule has 0 fully saturated rings. The number of nitrogens with two attached hydrogens (primary N) is 1. The van der Waals surface area contributed by atoms with E-state index in [2.05, 4.69) is 35.4 Å². The molecule has 3 N–H and O–H groups in total. The van der Waals surface area contributed by atoms with E-state index in [0.717, 1.165) is 30.2 Å². The minimum Gasteiger partial charge on any atom is -0.361 e. The first-order valence-corrected chi connectivity index (χ1v) is 5.92. The van der Waals surface area contributed by atoms with E-state index in [1.807, 2.05) is 0 Å². The topological polar surface area (TPSA) is 50.9 Å². The summed E-state index contributed by atoms with van der Waals surface area (Å²) in [6, 6.07) is 6.32. The van der Waals surface area contributed by atoms with Gasteiger partial charge in [-0.15, -0.1) is 0 Å². The average Bonchev–Trinajstić information content (AvgIpc) is 2.60. The maximum absolute atomic E-state index is 5.43. The van der Waals surface area contributed by atoms with Crippen molar-refractivity contribution in [2.75, 3.05) is 18.4 Å². The van der Waals surface area contributed by atoms with Crippen molar-refractivity contribution in [2.45, 2.75) is 13.3 Å². The van der Waals surface area contributed by atoms with Crippen LogP contribution in [-0.4, -0.2) is 18.1 Å². The highest BCUT2D eigenvalue weighted by Gasteiger charge is 2.02. The molecule has 3 nitrogen and oxygen atoms in total. The quantitative estimate of drug-likeness (QED) is 0.779. The Morgan fingerprint density at radius 1 is 1.47 bits per heavy atom. The molecule has 0 atom stereocenters. The van der Waals surface area contributed by atoms with Crippen molar-refractivity contribution in [1.82, 2.24) is 4.98 Å². The van der Waals surface area contributed by atoms with E-state index < -0.39 is 0 Å². The van der Waals surface area contributed by atoms with E-state index >= 15 is 0 Å². The Morgan fingerprint density at radius 3 is 3.13 bits per heavy atom. The maximum Gasteiger partial charge on any atom is 0.183 e. The lowest BCUT2D eigenvalue weighted by Gasteiger charge is -1.98. The summed E-state index contributed by atoms with van der Waals surface area (Å²) in [7, 11) is 0. The van der Waals surface area contributed by atoms with Crippen molar-refractivity contribution in [1.29, 1.82) is 0 Å². The Hall–Kier alpha value is -1.13. The maximum atomic E-state index is 5.43. The lowest BCUT2D eigenvalue weighted by molar-refractivity contribution is 0.873. The second-order valence-electron chi connectivity index (χ2n) is 3.56. The van der Waals surface area contributed by atoms with Gasteiger partial charge in [0.1, 0.15) is 0 Å². The third-order valence-electron chi connectivity index (χ3n) is 2.20. The fraction of sp³-hybridized carbons (Fsp3) is 0.364. The van der Waals surface area contributed by atoms with Gasteiger partial charge in [-0.25, -0.2) is 4.98 Å². The van der Waals surface area contributed by atoms with Crippen LogP contribution in [0.4, 0.5) is 5.13 Å². The van der Waals surface area contributed by atoms with E-state index in [-0.39, 0.29) is 0 Å². The summed E-state index contributed by atoms with van der Waals surface area (Å²) in [5, 5.41) is 4.27. The third-order valence-corrected chi connectivity index (χ3v) is 3.18. The highest BCUT2D eigenvalue weighted by atomic mass is 32.1. The number of hydrogen-bond acceptors (Lipinski definition) is 4. The molecular weight excluding hydrogens is 206 g/mol.